The number of aromatic amines is 1. The van der Waals surface area contributed by atoms with Crippen LogP contribution in [0.15, 0.2) is 29.1 Å². The van der Waals surface area contributed by atoms with Crippen molar-refractivity contribution in [1.29, 1.82) is 0 Å². The lowest BCUT2D eigenvalue weighted by molar-refractivity contribution is 0.341. The molecule has 0 aliphatic heterocycles. The zero-order chi connectivity index (χ0) is 13.1. The number of halogens is 1. The van der Waals surface area contributed by atoms with Gasteiger partial charge in [0.25, 0.3) is 5.56 Å². The Morgan fingerprint density at radius 2 is 2.11 bits per heavy atom. The van der Waals surface area contributed by atoms with E-state index in [1.165, 1.54) is 0 Å². The molecule has 0 unspecified atom stereocenters. The second-order valence-corrected chi connectivity index (χ2v) is 4.26. The van der Waals surface area contributed by atoms with Gasteiger partial charge in [0, 0.05) is 10.6 Å². The smallest absolute Gasteiger partial charge is 0.272 e. The summed E-state index contributed by atoms with van der Waals surface area (Å²) in [5.41, 5.74) is 1.65. The van der Waals surface area contributed by atoms with E-state index in [4.69, 9.17) is 16.3 Å². The molecule has 1 aromatic carbocycles. The van der Waals surface area contributed by atoms with Gasteiger partial charge in [-0.25, -0.2) is 5.10 Å². The maximum atomic E-state index is 11.8. The number of nitrogens with one attached hydrogen (secondary N) is 1. The summed E-state index contributed by atoms with van der Waals surface area (Å²) in [7, 11) is 0. The van der Waals surface area contributed by atoms with E-state index in [1.54, 1.807) is 24.3 Å². The Morgan fingerprint density at radius 3 is 2.83 bits per heavy atom. The van der Waals surface area contributed by atoms with Gasteiger partial charge in [0.15, 0.2) is 0 Å². The first-order chi connectivity index (χ1) is 8.61. The highest BCUT2D eigenvalue weighted by Gasteiger charge is 2.11. The summed E-state index contributed by atoms with van der Waals surface area (Å²) >= 11 is 5.98. The Bertz CT molecular complexity index is 623. The van der Waals surface area contributed by atoms with Crippen molar-refractivity contribution in [3.05, 3.63) is 45.3 Å². The van der Waals surface area contributed by atoms with Crippen LogP contribution < -0.4 is 10.3 Å². The molecule has 0 bridgehead atoms. The first-order valence-electron chi connectivity index (χ1n) is 5.61. The molecule has 0 spiro atoms. The van der Waals surface area contributed by atoms with Gasteiger partial charge in [-0.15, -0.1) is 0 Å². The number of hydrogen-bond acceptors (Lipinski definition) is 3. The lowest BCUT2D eigenvalue weighted by Gasteiger charge is -2.10. The lowest BCUT2D eigenvalue weighted by atomic mass is 10.1. The molecule has 4 nitrogen and oxygen atoms in total. The first kappa shape index (κ1) is 12.6. The summed E-state index contributed by atoms with van der Waals surface area (Å²) in [4.78, 5) is 11.8. The minimum atomic E-state index is -0.260. The molecule has 2 aromatic rings. The van der Waals surface area contributed by atoms with Crippen LogP contribution in [0.1, 0.15) is 12.6 Å². The van der Waals surface area contributed by atoms with Crippen molar-refractivity contribution in [1.82, 2.24) is 10.2 Å². The number of hydrogen-bond donors (Lipinski definition) is 1. The van der Waals surface area contributed by atoms with Crippen molar-refractivity contribution >= 4 is 11.6 Å². The van der Waals surface area contributed by atoms with Crippen molar-refractivity contribution in [2.75, 3.05) is 6.61 Å². The molecule has 0 saturated carbocycles. The van der Waals surface area contributed by atoms with Crippen LogP contribution in [-0.4, -0.2) is 16.8 Å². The van der Waals surface area contributed by atoms with Gasteiger partial charge in [-0.1, -0.05) is 11.6 Å². The summed E-state index contributed by atoms with van der Waals surface area (Å²) in [5, 5.41) is 6.86. The van der Waals surface area contributed by atoms with Crippen LogP contribution in [-0.2, 0) is 0 Å². The molecule has 94 valence electrons. The predicted octanol–water partition coefficient (Wildman–Crippen LogP) is 2.80. The Labute approximate surface area is 110 Å². The van der Waals surface area contributed by atoms with E-state index in [9.17, 15) is 4.79 Å². The normalized spacial score (nSPS) is 10.4. The van der Waals surface area contributed by atoms with E-state index >= 15 is 0 Å². The molecule has 2 rings (SSSR count). The molecular weight excluding hydrogens is 252 g/mol. The van der Waals surface area contributed by atoms with Crippen LogP contribution in [0, 0.1) is 6.92 Å². The van der Waals surface area contributed by atoms with Gasteiger partial charge >= 0.3 is 0 Å². The molecule has 0 radical (unpaired) electrons. The summed E-state index contributed by atoms with van der Waals surface area (Å²) in [5.74, 6) is 0.637. The van der Waals surface area contributed by atoms with E-state index in [0.717, 1.165) is 5.69 Å². The zero-order valence-electron chi connectivity index (χ0n) is 10.2. The molecule has 0 atom stereocenters. The standard InChI is InChI=1S/C13H13ClN2O2/c1-3-18-12-5-4-9(14)7-10(12)11-6-8(2)15-16-13(11)17/h4-7H,3H2,1-2H3,(H,16,17). The third-order valence-electron chi connectivity index (χ3n) is 2.46. The van der Waals surface area contributed by atoms with Crippen molar-refractivity contribution in [3.8, 4) is 16.9 Å². The van der Waals surface area contributed by atoms with Gasteiger partial charge in [0.2, 0.25) is 0 Å². The largest absolute Gasteiger partial charge is 0.493 e. The summed E-state index contributed by atoms with van der Waals surface area (Å²) in [6.45, 7) is 4.22. The molecule has 1 heterocycles. The molecule has 18 heavy (non-hydrogen) atoms. The van der Waals surface area contributed by atoms with Crippen LogP contribution in [0.3, 0.4) is 0 Å². The van der Waals surface area contributed by atoms with Gasteiger partial charge in [0.05, 0.1) is 17.9 Å². The van der Waals surface area contributed by atoms with Gasteiger partial charge in [-0.05, 0) is 38.1 Å². The maximum absolute atomic E-state index is 11.8. The molecule has 1 N–H and O–H groups in total. The fraction of sp³-hybridized carbons (Fsp3) is 0.231. The second kappa shape index (κ2) is 5.23. The van der Waals surface area contributed by atoms with Crippen LogP contribution in [0.4, 0.5) is 0 Å². The number of aromatic nitrogens is 2. The van der Waals surface area contributed by atoms with Crippen LogP contribution >= 0.6 is 11.6 Å². The number of ether oxygens (including phenoxy) is 1. The highest BCUT2D eigenvalue weighted by Crippen LogP contribution is 2.30. The number of rotatable bonds is 3. The quantitative estimate of drug-likeness (QED) is 0.927. The van der Waals surface area contributed by atoms with Crippen molar-refractivity contribution in [2.45, 2.75) is 13.8 Å². The lowest BCUT2D eigenvalue weighted by Crippen LogP contribution is -2.12. The fourth-order valence-electron chi connectivity index (χ4n) is 1.70. The number of aryl methyl sites for hydroxylation is 1. The monoisotopic (exact) mass is 264 g/mol. The average Bonchev–Trinajstić information content (AvgIpc) is 2.35. The van der Waals surface area contributed by atoms with Crippen molar-refractivity contribution < 1.29 is 4.74 Å². The Kier molecular flexibility index (Phi) is 3.67. The summed E-state index contributed by atoms with van der Waals surface area (Å²) in [6.07, 6.45) is 0. The van der Waals surface area contributed by atoms with Crippen molar-refractivity contribution in [2.24, 2.45) is 0 Å². The zero-order valence-corrected chi connectivity index (χ0v) is 10.9. The SMILES string of the molecule is CCOc1ccc(Cl)cc1-c1cc(C)n[nH]c1=O. The van der Waals surface area contributed by atoms with E-state index in [1.807, 2.05) is 13.8 Å². The highest BCUT2D eigenvalue weighted by atomic mass is 35.5. The molecular formula is C13H13ClN2O2. The fourth-order valence-corrected chi connectivity index (χ4v) is 1.87. The average molecular weight is 265 g/mol. The van der Waals surface area contributed by atoms with Gasteiger partial charge in [-0.3, -0.25) is 4.79 Å². The van der Waals surface area contributed by atoms with Crippen LogP contribution in [0.2, 0.25) is 5.02 Å². The van der Waals surface area contributed by atoms with Gasteiger partial charge in [-0.2, -0.15) is 5.10 Å². The third kappa shape index (κ3) is 2.54. The first-order valence-corrected chi connectivity index (χ1v) is 5.98. The van der Waals surface area contributed by atoms with Crippen LogP contribution in [0.25, 0.3) is 11.1 Å². The van der Waals surface area contributed by atoms with E-state index in [0.29, 0.717) is 28.5 Å². The molecule has 1 aromatic heterocycles. The molecule has 0 aliphatic carbocycles. The van der Waals surface area contributed by atoms with E-state index in [2.05, 4.69) is 10.2 Å². The molecule has 0 amide bonds. The Hall–Kier alpha value is -1.81. The molecule has 0 aliphatic rings. The van der Waals surface area contributed by atoms with Crippen molar-refractivity contribution in [3.63, 3.8) is 0 Å². The number of H-pyrrole nitrogens is 1. The predicted molar refractivity (Wildman–Crippen MR) is 71.2 cm³/mol. The van der Waals surface area contributed by atoms with E-state index in [-0.39, 0.29) is 5.56 Å². The minimum absolute atomic E-state index is 0.260. The second-order valence-electron chi connectivity index (χ2n) is 3.83. The maximum Gasteiger partial charge on any atom is 0.272 e. The number of nitrogens with zero attached hydrogens (tertiary/aromatic N) is 1. The summed E-state index contributed by atoms with van der Waals surface area (Å²) < 4.78 is 5.51. The minimum Gasteiger partial charge on any atom is -0.493 e. The molecule has 5 heteroatoms. The topological polar surface area (TPSA) is 55.0 Å². The number of benzene rings is 1. The third-order valence-corrected chi connectivity index (χ3v) is 2.70. The molecule has 0 saturated heterocycles. The molecule has 0 fully saturated rings. The Morgan fingerprint density at radius 1 is 1.33 bits per heavy atom. The van der Waals surface area contributed by atoms with Gasteiger partial charge < -0.3 is 4.74 Å². The highest BCUT2D eigenvalue weighted by molar-refractivity contribution is 6.31. The van der Waals surface area contributed by atoms with E-state index < -0.39 is 0 Å². The van der Waals surface area contributed by atoms with Gasteiger partial charge in [0.1, 0.15) is 5.75 Å². The van der Waals surface area contributed by atoms with Crippen LogP contribution in [0.5, 0.6) is 5.75 Å². The summed E-state index contributed by atoms with van der Waals surface area (Å²) in [6, 6.07) is 6.93. The Balaban J connectivity index is 2.65.